The predicted octanol–water partition coefficient (Wildman–Crippen LogP) is 1.36. The number of carboxylic acids is 1. The Labute approximate surface area is 85.4 Å². The Balaban J connectivity index is 2.24. The number of aromatic nitrogens is 2. The van der Waals surface area contributed by atoms with Crippen molar-refractivity contribution in [3.63, 3.8) is 0 Å². The number of carboxylic acid groups (broad SMARTS) is 1. The van der Waals surface area contributed by atoms with Gasteiger partial charge in [0.25, 0.3) is 0 Å². The first kappa shape index (κ1) is 9.39. The van der Waals surface area contributed by atoms with Crippen LogP contribution in [0.1, 0.15) is 5.76 Å². The lowest BCUT2D eigenvalue weighted by molar-refractivity contribution is -0.136. The maximum atomic E-state index is 10.4. The Morgan fingerprint density at radius 3 is 3.07 bits per heavy atom. The van der Waals surface area contributed by atoms with Crippen LogP contribution in [0.15, 0.2) is 35.1 Å². The van der Waals surface area contributed by atoms with Crippen LogP contribution in [0.2, 0.25) is 0 Å². The molecule has 2 aromatic heterocycles. The maximum Gasteiger partial charge on any atom is 0.311 e. The first-order valence-electron chi connectivity index (χ1n) is 4.33. The summed E-state index contributed by atoms with van der Waals surface area (Å²) in [6.07, 6.45) is 3.14. The molecule has 0 unspecified atom stereocenters. The van der Waals surface area contributed by atoms with Crippen molar-refractivity contribution in [3.8, 4) is 11.3 Å². The van der Waals surface area contributed by atoms with Gasteiger partial charge in [0, 0.05) is 24.0 Å². The van der Waals surface area contributed by atoms with Gasteiger partial charge in [-0.3, -0.25) is 9.78 Å². The quantitative estimate of drug-likeness (QED) is 0.816. The second kappa shape index (κ2) is 3.91. The molecule has 0 bridgehead atoms. The van der Waals surface area contributed by atoms with Crippen LogP contribution in [0.3, 0.4) is 0 Å². The van der Waals surface area contributed by atoms with E-state index in [4.69, 9.17) is 9.63 Å². The zero-order chi connectivity index (χ0) is 10.7. The highest BCUT2D eigenvalue weighted by atomic mass is 16.5. The third kappa shape index (κ3) is 2.19. The molecule has 0 radical (unpaired) electrons. The zero-order valence-electron chi connectivity index (χ0n) is 7.75. The molecule has 0 fully saturated rings. The Hall–Kier alpha value is -2.17. The lowest BCUT2D eigenvalue weighted by Crippen LogP contribution is -1.97. The molecule has 15 heavy (non-hydrogen) atoms. The standard InChI is InChI=1S/C10H8N2O3/c13-10(14)5-8-4-9(12-15-8)7-2-1-3-11-6-7/h1-4,6H,5H2,(H,13,14). The highest BCUT2D eigenvalue weighted by Gasteiger charge is 2.09. The van der Waals surface area contributed by atoms with E-state index in [0.717, 1.165) is 5.56 Å². The van der Waals surface area contributed by atoms with Gasteiger partial charge in [-0.1, -0.05) is 5.16 Å². The van der Waals surface area contributed by atoms with Gasteiger partial charge in [0.2, 0.25) is 0 Å². The van der Waals surface area contributed by atoms with Gasteiger partial charge in [0.05, 0.1) is 0 Å². The first-order chi connectivity index (χ1) is 7.25. The van der Waals surface area contributed by atoms with Crippen molar-refractivity contribution in [2.24, 2.45) is 0 Å². The number of pyridine rings is 1. The number of carbonyl (C=O) groups is 1. The van der Waals surface area contributed by atoms with Crippen LogP contribution in [-0.4, -0.2) is 21.2 Å². The highest BCUT2D eigenvalue weighted by Crippen LogP contribution is 2.17. The summed E-state index contributed by atoms with van der Waals surface area (Å²) in [7, 11) is 0. The fraction of sp³-hybridized carbons (Fsp3) is 0.100. The molecular formula is C10H8N2O3. The number of nitrogens with zero attached hydrogens (tertiary/aromatic N) is 2. The molecule has 2 rings (SSSR count). The van der Waals surface area contributed by atoms with E-state index in [9.17, 15) is 4.79 Å². The highest BCUT2D eigenvalue weighted by molar-refractivity contribution is 5.70. The third-order valence-corrected chi connectivity index (χ3v) is 1.84. The molecule has 0 saturated carbocycles. The summed E-state index contributed by atoms with van der Waals surface area (Å²) in [4.78, 5) is 14.3. The average Bonchev–Trinajstić information content (AvgIpc) is 2.67. The van der Waals surface area contributed by atoms with Crippen molar-refractivity contribution in [2.75, 3.05) is 0 Å². The number of hydrogen-bond acceptors (Lipinski definition) is 4. The van der Waals surface area contributed by atoms with E-state index in [0.29, 0.717) is 11.5 Å². The molecule has 5 heteroatoms. The molecule has 0 aliphatic heterocycles. The maximum absolute atomic E-state index is 10.4. The molecule has 5 nitrogen and oxygen atoms in total. The van der Waals surface area contributed by atoms with Crippen LogP contribution in [0.5, 0.6) is 0 Å². The minimum Gasteiger partial charge on any atom is -0.481 e. The fourth-order valence-electron chi connectivity index (χ4n) is 1.20. The summed E-state index contributed by atoms with van der Waals surface area (Å²) in [5, 5.41) is 12.3. The molecule has 2 heterocycles. The smallest absolute Gasteiger partial charge is 0.311 e. The minimum atomic E-state index is -0.941. The molecule has 0 amide bonds. The number of hydrogen-bond donors (Lipinski definition) is 1. The zero-order valence-corrected chi connectivity index (χ0v) is 7.75. The average molecular weight is 204 g/mol. The lowest BCUT2D eigenvalue weighted by atomic mass is 10.2. The summed E-state index contributed by atoms with van der Waals surface area (Å²) < 4.78 is 4.87. The SMILES string of the molecule is O=C(O)Cc1cc(-c2cccnc2)no1. The van der Waals surface area contributed by atoms with Gasteiger partial charge in [0.1, 0.15) is 17.9 Å². The minimum absolute atomic E-state index is 0.159. The van der Waals surface area contributed by atoms with E-state index >= 15 is 0 Å². The molecule has 0 aliphatic carbocycles. The molecule has 76 valence electrons. The molecular weight excluding hydrogens is 196 g/mol. The molecule has 1 N–H and O–H groups in total. The van der Waals surface area contributed by atoms with Crippen molar-refractivity contribution >= 4 is 5.97 Å². The monoisotopic (exact) mass is 204 g/mol. The van der Waals surface area contributed by atoms with E-state index < -0.39 is 5.97 Å². The molecule has 0 aromatic carbocycles. The second-order valence-electron chi connectivity index (χ2n) is 2.99. The molecule has 0 atom stereocenters. The van der Waals surface area contributed by atoms with Crippen LogP contribution in [0, 0.1) is 0 Å². The summed E-state index contributed by atoms with van der Waals surface area (Å²) in [5.41, 5.74) is 1.40. The van der Waals surface area contributed by atoms with E-state index in [1.54, 1.807) is 24.5 Å². The summed E-state index contributed by atoms with van der Waals surface area (Å²) in [5.74, 6) is -0.606. The van der Waals surface area contributed by atoms with E-state index in [1.807, 2.05) is 6.07 Å². The molecule has 0 aliphatic rings. The van der Waals surface area contributed by atoms with E-state index in [-0.39, 0.29) is 6.42 Å². The fourth-order valence-corrected chi connectivity index (χ4v) is 1.20. The second-order valence-corrected chi connectivity index (χ2v) is 2.99. The van der Waals surface area contributed by atoms with Gasteiger partial charge in [-0.15, -0.1) is 0 Å². The molecule has 2 aromatic rings. The largest absolute Gasteiger partial charge is 0.481 e. The van der Waals surface area contributed by atoms with E-state index in [1.165, 1.54) is 0 Å². The van der Waals surface area contributed by atoms with Crippen LogP contribution >= 0.6 is 0 Å². The van der Waals surface area contributed by atoms with Crippen LogP contribution in [0.4, 0.5) is 0 Å². The third-order valence-electron chi connectivity index (χ3n) is 1.84. The topological polar surface area (TPSA) is 76.2 Å². The van der Waals surface area contributed by atoms with Crippen molar-refractivity contribution < 1.29 is 14.4 Å². The summed E-state index contributed by atoms with van der Waals surface area (Å²) in [6, 6.07) is 5.21. The van der Waals surface area contributed by atoms with Gasteiger partial charge in [0.15, 0.2) is 0 Å². The van der Waals surface area contributed by atoms with Crippen LogP contribution < -0.4 is 0 Å². The van der Waals surface area contributed by atoms with Gasteiger partial charge in [-0.25, -0.2) is 0 Å². The summed E-state index contributed by atoms with van der Waals surface area (Å²) >= 11 is 0. The number of aliphatic carboxylic acids is 1. The predicted molar refractivity (Wildman–Crippen MR) is 51.1 cm³/mol. The van der Waals surface area contributed by atoms with Gasteiger partial charge in [-0.2, -0.15) is 0 Å². The van der Waals surface area contributed by atoms with Gasteiger partial charge < -0.3 is 9.63 Å². The summed E-state index contributed by atoms with van der Waals surface area (Å²) in [6.45, 7) is 0. The van der Waals surface area contributed by atoms with E-state index in [2.05, 4.69) is 10.1 Å². The lowest BCUT2D eigenvalue weighted by Gasteiger charge is -1.90. The van der Waals surface area contributed by atoms with Gasteiger partial charge >= 0.3 is 5.97 Å². The van der Waals surface area contributed by atoms with Crippen LogP contribution in [-0.2, 0) is 11.2 Å². The van der Waals surface area contributed by atoms with Crippen molar-refractivity contribution in [1.82, 2.24) is 10.1 Å². The van der Waals surface area contributed by atoms with Crippen molar-refractivity contribution in [2.45, 2.75) is 6.42 Å². The molecule has 0 spiro atoms. The Morgan fingerprint density at radius 2 is 2.40 bits per heavy atom. The Bertz CT molecular complexity index is 465. The van der Waals surface area contributed by atoms with Crippen LogP contribution in [0.25, 0.3) is 11.3 Å². The molecule has 0 saturated heterocycles. The Morgan fingerprint density at radius 1 is 1.53 bits per heavy atom. The Kier molecular flexibility index (Phi) is 2.45. The normalized spacial score (nSPS) is 10.1. The van der Waals surface area contributed by atoms with Crippen molar-refractivity contribution in [3.05, 3.63) is 36.4 Å². The van der Waals surface area contributed by atoms with Crippen molar-refractivity contribution in [1.29, 1.82) is 0 Å². The number of rotatable bonds is 3. The first-order valence-corrected chi connectivity index (χ1v) is 4.33. The van der Waals surface area contributed by atoms with Gasteiger partial charge in [-0.05, 0) is 12.1 Å².